The number of esters is 1. The summed E-state index contributed by atoms with van der Waals surface area (Å²) in [7, 11) is 3.45. The van der Waals surface area contributed by atoms with E-state index in [0.29, 0.717) is 43.9 Å². The summed E-state index contributed by atoms with van der Waals surface area (Å²) >= 11 is 0. The first-order valence-corrected chi connectivity index (χ1v) is 11.5. The average Bonchev–Trinajstić information content (AvgIpc) is 3.03. The molecule has 0 atom stereocenters. The number of fused-ring (bicyclic) bond motifs is 1. The predicted molar refractivity (Wildman–Crippen MR) is 134 cm³/mol. The number of rotatable bonds is 5. The first kappa shape index (κ1) is 23.4. The molecule has 0 spiro atoms. The molecule has 0 bridgehead atoms. The molecule has 0 radical (unpaired) electrons. The molecule has 1 saturated heterocycles. The standard InChI is InChI=1S/C25H31N5O4/c1-5-34-23(31)17-10-12-30(13-11-17)20-15-22-21(28(3)25(33)29(22)4)14-19(20)27-24(32)26-18-8-6-16(2)7-9-18/h6-9,14-15,17H,5,10-13H2,1-4H3,(H2,26,27,32). The molecule has 0 aliphatic carbocycles. The molecular weight excluding hydrogens is 434 g/mol. The normalized spacial score (nSPS) is 14.3. The van der Waals surface area contributed by atoms with Crippen LogP contribution in [0.25, 0.3) is 11.0 Å². The Morgan fingerprint density at radius 3 is 2.24 bits per heavy atom. The highest BCUT2D eigenvalue weighted by Gasteiger charge is 2.28. The van der Waals surface area contributed by atoms with Gasteiger partial charge in [-0.1, -0.05) is 17.7 Å². The van der Waals surface area contributed by atoms with Gasteiger partial charge < -0.3 is 20.3 Å². The molecule has 34 heavy (non-hydrogen) atoms. The van der Waals surface area contributed by atoms with Crippen LogP contribution >= 0.6 is 0 Å². The van der Waals surface area contributed by atoms with Crippen LogP contribution in [-0.2, 0) is 23.6 Å². The van der Waals surface area contributed by atoms with Crippen LogP contribution in [0.2, 0.25) is 0 Å². The summed E-state index contributed by atoms with van der Waals surface area (Å²) in [6, 6.07) is 11.0. The number of imidazole rings is 1. The number of aromatic nitrogens is 2. The number of hydrogen-bond acceptors (Lipinski definition) is 5. The van der Waals surface area contributed by atoms with E-state index in [1.54, 1.807) is 23.2 Å². The molecule has 3 aromatic rings. The Morgan fingerprint density at radius 2 is 1.62 bits per heavy atom. The quantitative estimate of drug-likeness (QED) is 0.561. The van der Waals surface area contributed by atoms with Gasteiger partial charge in [-0.3, -0.25) is 13.9 Å². The molecule has 1 aliphatic rings. The Bertz CT molecular complexity index is 1270. The van der Waals surface area contributed by atoms with E-state index in [1.807, 2.05) is 50.2 Å². The van der Waals surface area contributed by atoms with Crippen LogP contribution in [0.1, 0.15) is 25.3 Å². The summed E-state index contributed by atoms with van der Waals surface area (Å²) in [6.07, 6.45) is 1.33. The molecule has 0 unspecified atom stereocenters. The number of anilines is 3. The predicted octanol–water partition coefficient (Wildman–Crippen LogP) is 3.61. The summed E-state index contributed by atoms with van der Waals surface area (Å²) < 4.78 is 8.35. The van der Waals surface area contributed by atoms with Crippen LogP contribution in [0.3, 0.4) is 0 Å². The molecule has 1 fully saturated rings. The van der Waals surface area contributed by atoms with Crippen LogP contribution in [0.4, 0.5) is 21.9 Å². The number of aryl methyl sites for hydroxylation is 3. The minimum Gasteiger partial charge on any atom is -0.466 e. The molecule has 1 aromatic heterocycles. The lowest BCUT2D eigenvalue weighted by Gasteiger charge is -2.34. The van der Waals surface area contributed by atoms with Crippen molar-refractivity contribution in [3.05, 3.63) is 52.4 Å². The van der Waals surface area contributed by atoms with Crippen molar-refractivity contribution in [2.75, 3.05) is 35.2 Å². The van der Waals surface area contributed by atoms with Gasteiger partial charge in [-0.15, -0.1) is 0 Å². The largest absolute Gasteiger partial charge is 0.466 e. The fourth-order valence-corrected chi connectivity index (χ4v) is 4.43. The van der Waals surface area contributed by atoms with Crippen molar-refractivity contribution < 1.29 is 14.3 Å². The van der Waals surface area contributed by atoms with Crippen molar-refractivity contribution >= 4 is 40.1 Å². The minimum absolute atomic E-state index is 0.123. The number of nitrogens with one attached hydrogen (secondary N) is 2. The van der Waals surface area contributed by atoms with E-state index in [0.717, 1.165) is 22.3 Å². The zero-order chi connectivity index (χ0) is 24.4. The summed E-state index contributed by atoms with van der Waals surface area (Å²) in [5.41, 5.74) is 4.58. The van der Waals surface area contributed by atoms with Gasteiger partial charge in [0, 0.05) is 32.9 Å². The third-order valence-corrected chi connectivity index (χ3v) is 6.40. The van der Waals surface area contributed by atoms with Gasteiger partial charge in [0.25, 0.3) is 0 Å². The van der Waals surface area contributed by atoms with Gasteiger partial charge in [0.15, 0.2) is 0 Å². The van der Waals surface area contributed by atoms with E-state index in [-0.39, 0.29) is 23.6 Å². The summed E-state index contributed by atoms with van der Waals surface area (Å²) in [4.78, 5) is 39.7. The zero-order valence-electron chi connectivity index (χ0n) is 20.1. The van der Waals surface area contributed by atoms with Crippen molar-refractivity contribution in [1.82, 2.24) is 9.13 Å². The molecule has 2 amide bonds. The highest BCUT2D eigenvalue weighted by Crippen LogP contribution is 2.34. The third-order valence-electron chi connectivity index (χ3n) is 6.40. The number of benzene rings is 2. The Balaban J connectivity index is 1.63. The molecule has 2 aromatic carbocycles. The number of carbonyl (C=O) groups is 2. The maximum absolute atomic E-state index is 12.8. The number of nitrogens with zero attached hydrogens (tertiary/aromatic N) is 3. The lowest BCUT2D eigenvalue weighted by atomic mass is 9.96. The fourth-order valence-electron chi connectivity index (χ4n) is 4.43. The number of urea groups is 1. The molecule has 2 heterocycles. The number of carbonyl (C=O) groups excluding carboxylic acids is 2. The monoisotopic (exact) mass is 465 g/mol. The van der Waals surface area contributed by atoms with Crippen molar-refractivity contribution in [3.63, 3.8) is 0 Å². The molecular formula is C25H31N5O4. The van der Waals surface area contributed by atoms with Crippen LogP contribution in [0.15, 0.2) is 41.2 Å². The number of piperidine rings is 1. The van der Waals surface area contributed by atoms with Crippen LogP contribution in [-0.4, -0.2) is 40.8 Å². The van der Waals surface area contributed by atoms with Gasteiger partial charge in [-0.2, -0.15) is 0 Å². The highest BCUT2D eigenvalue weighted by atomic mass is 16.5. The Morgan fingerprint density at radius 1 is 1.00 bits per heavy atom. The molecule has 9 heteroatoms. The lowest BCUT2D eigenvalue weighted by molar-refractivity contribution is -0.148. The van der Waals surface area contributed by atoms with E-state index in [4.69, 9.17) is 4.74 Å². The van der Waals surface area contributed by atoms with Crippen molar-refractivity contribution in [3.8, 4) is 0 Å². The van der Waals surface area contributed by atoms with Gasteiger partial charge in [-0.25, -0.2) is 9.59 Å². The Kier molecular flexibility index (Phi) is 6.63. The third kappa shape index (κ3) is 4.64. The summed E-state index contributed by atoms with van der Waals surface area (Å²) in [6.45, 7) is 5.46. The lowest BCUT2D eigenvalue weighted by Crippen LogP contribution is -2.37. The van der Waals surface area contributed by atoms with Crippen molar-refractivity contribution in [2.24, 2.45) is 20.0 Å². The van der Waals surface area contributed by atoms with E-state index in [1.165, 1.54) is 0 Å². The van der Waals surface area contributed by atoms with E-state index in [2.05, 4.69) is 15.5 Å². The van der Waals surface area contributed by atoms with Crippen LogP contribution in [0, 0.1) is 12.8 Å². The first-order chi connectivity index (χ1) is 16.3. The second-order valence-electron chi connectivity index (χ2n) is 8.72. The van der Waals surface area contributed by atoms with Gasteiger partial charge >= 0.3 is 17.7 Å². The second-order valence-corrected chi connectivity index (χ2v) is 8.72. The van der Waals surface area contributed by atoms with E-state index >= 15 is 0 Å². The molecule has 1 aliphatic heterocycles. The molecule has 4 rings (SSSR count). The maximum Gasteiger partial charge on any atom is 0.328 e. The molecule has 9 nitrogen and oxygen atoms in total. The van der Waals surface area contributed by atoms with Crippen molar-refractivity contribution in [1.29, 1.82) is 0 Å². The van der Waals surface area contributed by atoms with E-state index < -0.39 is 0 Å². The van der Waals surface area contributed by atoms with Gasteiger partial charge in [0.05, 0.1) is 34.9 Å². The Labute approximate surface area is 198 Å². The van der Waals surface area contributed by atoms with Crippen molar-refractivity contribution in [2.45, 2.75) is 26.7 Å². The zero-order valence-corrected chi connectivity index (χ0v) is 20.1. The van der Waals surface area contributed by atoms with Gasteiger partial charge in [0.1, 0.15) is 0 Å². The minimum atomic E-state index is -0.369. The molecule has 180 valence electrons. The van der Waals surface area contributed by atoms with Gasteiger partial charge in [0.2, 0.25) is 0 Å². The van der Waals surface area contributed by atoms with Gasteiger partial charge in [-0.05, 0) is 51.0 Å². The summed E-state index contributed by atoms with van der Waals surface area (Å²) in [5, 5.41) is 5.82. The van der Waals surface area contributed by atoms with E-state index in [9.17, 15) is 14.4 Å². The smallest absolute Gasteiger partial charge is 0.328 e. The number of amides is 2. The molecule has 0 saturated carbocycles. The molecule has 2 N–H and O–H groups in total. The second kappa shape index (κ2) is 9.62. The SMILES string of the molecule is CCOC(=O)C1CCN(c2cc3c(cc2NC(=O)Nc2ccc(C)cc2)n(C)c(=O)n3C)CC1. The first-order valence-electron chi connectivity index (χ1n) is 11.5. The average molecular weight is 466 g/mol. The fraction of sp³-hybridized carbons (Fsp3) is 0.400. The Hall–Kier alpha value is -3.75. The number of hydrogen-bond donors (Lipinski definition) is 2. The summed E-state index contributed by atoms with van der Waals surface area (Å²) in [5.74, 6) is -0.277. The topological polar surface area (TPSA) is 97.6 Å². The number of ether oxygens (including phenoxy) is 1. The van der Waals surface area contributed by atoms with Crippen LogP contribution < -0.4 is 21.2 Å². The maximum atomic E-state index is 12.8. The van der Waals surface area contributed by atoms with Crippen LogP contribution in [0.5, 0.6) is 0 Å². The highest BCUT2D eigenvalue weighted by molar-refractivity contribution is 6.04.